The molecule has 22 heavy (non-hydrogen) atoms. The minimum absolute atomic E-state index is 0.0891. The summed E-state index contributed by atoms with van der Waals surface area (Å²) in [6.07, 6.45) is 3.87. The van der Waals surface area contributed by atoms with Gasteiger partial charge < -0.3 is 10.6 Å². The zero-order chi connectivity index (χ0) is 16.0. The van der Waals surface area contributed by atoms with E-state index >= 15 is 0 Å². The van der Waals surface area contributed by atoms with Gasteiger partial charge in [0.2, 0.25) is 0 Å². The third-order valence-corrected chi connectivity index (χ3v) is 2.93. The molecule has 1 aromatic carbocycles. The maximum atomic E-state index is 12.0. The zero-order valence-electron chi connectivity index (χ0n) is 13.3. The van der Waals surface area contributed by atoms with Gasteiger partial charge in [-0.3, -0.25) is 4.79 Å². The molecule has 0 atom stereocenters. The summed E-state index contributed by atoms with van der Waals surface area (Å²) in [6, 6.07) is 10.0. The van der Waals surface area contributed by atoms with E-state index in [1.165, 1.54) is 11.8 Å². The molecule has 0 spiro atoms. The molecule has 0 aliphatic carbocycles. The first kappa shape index (κ1) is 15.9. The quantitative estimate of drug-likeness (QED) is 0.890. The molecule has 0 aliphatic rings. The molecule has 0 bridgehead atoms. The number of hydrogen-bond acceptors (Lipinski definition) is 4. The van der Waals surface area contributed by atoms with Crippen molar-refractivity contribution in [2.45, 2.75) is 32.7 Å². The first-order valence-corrected chi connectivity index (χ1v) is 7.36. The Labute approximate surface area is 131 Å². The van der Waals surface area contributed by atoms with Crippen LogP contribution in [0.25, 0.3) is 0 Å². The van der Waals surface area contributed by atoms with Crippen molar-refractivity contribution in [3.05, 3.63) is 54.0 Å². The number of anilines is 1. The van der Waals surface area contributed by atoms with Gasteiger partial charge in [-0.25, -0.2) is 9.97 Å². The van der Waals surface area contributed by atoms with Crippen molar-refractivity contribution < 1.29 is 4.79 Å². The van der Waals surface area contributed by atoms with E-state index in [0.717, 1.165) is 6.42 Å². The van der Waals surface area contributed by atoms with E-state index in [0.29, 0.717) is 18.1 Å². The van der Waals surface area contributed by atoms with Crippen LogP contribution in [0.4, 0.5) is 5.82 Å². The van der Waals surface area contributed by atoms with Gasteiger partial charge in [-0.05, 0) is 32.8 Å². The van der Waals surface area contributed by atoms with Gasteiger partial charge in [0.05, 0.1) is 12.4 Å². The first-order valence-electron chi connectivity index (χ1n) is 7.36. The minimum atomic E-state index is -0.203. The molecular weight excluding hydrogens is 276 g/mol. The Morgan fingerprint density at radius 2 is 1.82 bits per heavy atom. The fraction of sp³-hybridized carbons (Fsp3) is 0.353. The molecule has 0 saturated carbocycles. The van der Waals surface area contributed by atoms with Crippen molar-refractivity contribution >= 4 is 11.7 Å². The zero-order valence-corrected chi connectivity index (χ0v) is 13.3. The number of nitrogens with one attached hydrogen (secondary N) is 2. The highest BCUT2D eigenvalue weighted by Crippen LogP contribution is 2.10. The SMILES string of the molecule is CC(C)(C)Nc1cnc(C(=O)NCCc2ccccc2)cn1. The van der Waals surface area contributed by atoms with Gasteiger partial charge in [-0.1, -0.05) is 30.3 Å². The predicted molar refractivity (Wildman–Crippen MR) is 87.9 cm³/mol. The molecule has 116 valence electrons. The van der Waals surface area contributed by atoms with Gasteiger partial charge in [-0.2, -0.15) is 0 Å². The van der Waals surface area contributed by atoms with Crippen LogP contribution in [-0.4, -0.2) is 28.0 Å². The Morgan fingerprint density at radius 1 is 1.09 bits per heavy atom. The standard InChI is InChI=1S/C17H22N4O/c1-17(2,3)21-15-12-19-14(11-20-15)16(22)18-10-9-13-7-5-4-6-8-13/h4-8,11-12H,9-10H2,1-3H3,(H,18,22)(H,20,21). The monoisotopic (exact) mass is 298 g/mol. The molecule has 0 fully saturated rings. The molecule has 0 aliphatic heterocycles. The third-order valence-electron chi connectivity index (χ3n) is 2.93. The lowest BCUT2D eigenvalue weighted by Gasteiger charge is -2.20. The van der Waals surface area contributed by atoms with Crippen LogP contribution in [0.1, 0.15) is 36.8 Å². The number of aromatic nitrogens is 2. The molecule has 2 N–H and O–H groups in total. The predicted octanol–water partition coefficient (Wildman–Crippen LogP) is 2.66. The van der Waals surface area contributed by atoms with E-state index in [4.69, 9.17) is 0 Å². The summed E-state index contributed by atoms with van der Waals surface area (Å²) in [5.41, 5.74) is 1.43. The molecular formula is C17H22N4O. The lowest BCUT2D eigenvalue weighted by Crippen LogP contribution is -2.28. The van der Waals surface area contributed by atoms with Gasteiger partial charge in [-0.15, -0.1) is 0 Å². The van der Waals surface area contributed by atoms with Crippen LogP contribution >= 0.6 is 0 Å². The number of amides is 1. The number of carbonyl (C=O) groups excluding carboxylic acids is 1. The molecule has 2 rings (SSSR count). The highest BCUT2D eigenvalue weighted by atomic mass is 16.1. The molecule has 5 nitrogen and oxygen atoms in total. The van der Waals surface area contributed by atoms with Crippen molar-refractivity contribution in [1.82, 2.24) is 15.3 Å². The molecule has 0 unspecified atom stereocenters. The minimum Gasteiger partial charge on any atom is -0.364 e. The van der Waals surface area contributed by atoms with Crippen molar-refractivity contribution in [1.29, 1.82) is 0 Å². The van der Waals surface area contributed by atoms with Crippen LogP contribution in [0.2, 0.25) is 0 Å². The first-order chi connectivity index (χ1) is 10.4. The van der Waals surface area contributed by atoms with Gasteiger partial charge in [0, 0.05) is 12.1 Å². The normalized spacial score (nSPS) is 11.0. The van der Waals surface area contributed by atoms with E-state index in [-0.39, 0.29) is 11.4 Å². The molecule has 1 heterocycles. The lowest BCUT2D eigenvalue weighted by molar-refractivity contribution is 0.0949. The van der Waals surface area contributed by atoms with Crippen LogP contribution in [0.5, 0.6) is 0 Å². The number of carbonyl (C=O) groups is 1. The van der Waals surface area contributed by atoms with E-state index < -0.39 is 0 Å². The van der Waals surface area contributed by atoms with Crippen LogP contribution < -0.4 is 10.6 Å². The van der Waals surface area contributed by atoms with Crippen LogP contribution in [-0.2, 0) is 6.42 Å². The van der Waals surface area contributed by atoms with Crippen LogP contribution in [0.15, 0.2) is 42.7 Å². The third kappa shape index (κ3) is 5.16. The van der Waals surface area contributed by atoms with Crippen molar-refractivity contribution in [3.8, 4) is 0 Å². The van der Waals surface area contributed by atoms with Crippen LogP contribution in [0, 0.1) is 0 Å². The second-order valence-corrected chi connectivity index (χ2v) is 6.15. The van der Waals surface area contributed by atoms with Gasteiger partial charge in [0.1, 0.15) is 11.5 Å². The lowest BCUT2D eigenvalue weighted by atomic mass is 10.1. The van der Waals surface area contributed by atoms with Gasteiger partial charge in [0.25, 0.3) is 5.91 Å². The topological polar surface area (TPSA) is 66.9 Å². The van der Waals surface area contributed by atoms with E-state index in [9.17, 15) is 4.79 Å². The van der Waals surface area contributed by atoms with Crippen LogP contribution in [0.3, 0.4) is 0 Å². The molecule has 2 aromatic rings. The Hall–Kier alpha value is -2.43. The average molecular weight is 298 g/mol. The number of benzene rings is 1. The van der Waals surface area contributed by atoms with Crippen molar-refractivity contribution in [2.75, 3.05) is 11.9 Å². The number of nitrogens with zero attached hydrogens (tertiary/aromatic N) is 2. The maximum absolute atomic E-state index is 12.0. The van der Waals surface area contributed by atoms with E-state index in [1.54, 1.807) is 6.20 Å². The highest BCUT2D eigenvalue weighted by molar-refractivity contribution is 5.91. The Morgan fingerprint density at radius 3 is 2.41 bits per heavy atom. The fourth-order valence-electron chi connectivity index (χ4n) is 1.95. The Balaban J connectivity index is 1.85. The van der Waals surface area contributed by atoms with E-state index in [1.807, 2.05) is 51.1 Å². The second-order valence-electron chi connectivity index (χ2n) is 6.15. The smallest absolute Gasteiger partial charge is 0.271 e. The summed E-state index contributed by atoms with van der Waals surface area (Å²) in [7, 11) is 0. The molecule has 1 aromatic heterocycles. The summed E-state index contributed by atoms with van der Waals surface area (Å²) in [6.45, 7) is 6.70. The summed E-state index contributed by atoms with van der Waals surface area (Å²) in [5, 5.41) is 6.06. The molecule has 5 heteroatoms. The van der Waals surface area contributed by atoms with Crippen molar-refractivity contribution in [3.63, 3.8) is 0 Å². The summed E-state index contributed by atoms with van der Waals surface area (Å²) < 4.78 is 0. The summed E-state index contributed by atoms with van der Waals surface area (Å²) in [4.78, 5) is 20.4. The summed E-state index contributed by atoms with van der Waals surface area (Å²) >= 11 is 0. The Bertz CT molecular complexity index is 603. The van der Waals surface area contributed by atoms with Crippen molar-refractivity contribution in [2.24, 2.45) is 0 Å². The fourth-order valence-corrected chi connectivity index (χ4v) is 1.95. The van der Waals surface area contributed by atoms with Gasteiger partial charge >= 0.3 is 0 Å². The number of hydrogen-bond donors (Lipinski definition) is 2. The molecule has 1 amide bonds. The summed E-state index contributed by atoms with van der Waals surface area (Å²) in [5.74, 6) is 0.457. The highest BCUT2D eigenvalue weighted by Gasteiger charge is 2.12. The second kappa shape index (κ2) is 7.02. The van der Waals surface area contributed by atoms with E-state index in [2.05, 4.69) is 20.6 Å². The molecule has 0 radical (unpaired) electrons. The number of rotatable bonds is 5. The Kier molecular flexibility index (Phi) is 5.09. The average Bonchev–Trinajstić information content (AvgIpc) is 2.47. The maximum Gasteiger partial charge on any atom is 0.271 e. The largest absolute Gasteiger partial charge is 0.364 e. The van der Waals surface area contributed by atoms with Gasteiger partial charge in [0.15, 0.2) is 0 Å². The molecule has 0 saturated heterocycles.